The number of amides is 1. The van der Waals surface area contributed by atoms with E-state index in [9.17, 15) is 4.79 Å². The van der Waals surface area contributed by atoms with Gasteiger partial charge in [-0.2, -0.15) is 0 Å². The lowest BCUT2D eigenvalue weighted by Gasteiger charge is -2.35. The maximum absolute atomic E-state index is 12.0. The Morgan fingerprint density at radius 3 is 2.85 bits per heavy atom. The summed E-state index contributed by atoms with van der Waals surface area (Å²) in [5.41, 5.74) is 6.38. The maximum atomic E-state index is 12.0. The summed E-state index contributed by atoms with van der Waals surface area (Å²) < 4.78 is 0. The summed E-state index contributed by atoms with van der Waals surface area (Å²) in [4.78, 5) is 14.3. The fourth-order valence-electron chi connectivity index (χ4n) is 2.71. The fraction of sp³-hybridized carbons (Fsp3) is 0.533. The number of nitrogens with two attached hydrogens (primary N) is 1. The molecule has 108 valence electrons. The van der Waals surface area contributed by atoms with Gasteiger partial charge in [0.25, 0.3) is 0 Å². The molecule has 1 amide bonds. The van der Waals surface area contributed by atoms with E-state index in [1.807, 2.05) is 24.3 Å². The summed E-state index contributed by atoms with van der Waals surface area (Å²) in [5, 5.41) is 3.85. The molecule has 0 radical (unpaired) electrons. The van der Waals surface area contributed by atoms with E-state index in [0.29, 0.717) is 0 Å². The van der Waals surface area contributed by atoms with Crippen molar-refractivity contribution in [2.45, 2.75) is 37.3 Å². The van der Waals surface area contributed by atoms with E-state index >= 15 is 0 Å². The topological polar surface area (TPSA) is 58.4 Å². The van der Waals surface area contributed by atoms with Gasteiger partial charge in [0.1, 0.15) is 0 Å². The zero-order valence-electron chi connectivity index (χ0n) is 11.4. The third kappa shape index (κ3) is 2.76. The highest BCUT2D eigenvalue weighted by Gasteiger charge is 2.46. The standard InChI is InChI=1S/C15H20ClN3O/c16-12-5-1-2-6-13(12)19-9-3-4-11(10-19)18-14(20)15(17)7-8-15/h1-2,5-6,11H,3-4,7-10,17H2,(H,18,20). The Kier molecular flexibility index (Phi) is 3.61. The number of anilines is 1. The second-order valence-corrected chi connectivity index (χ2v) is 6.27. The van der Waals surface area contributed by atoms with Crippen LogP contribution in [0.2, 0.25) is 5.02 Å². The molecule has 1 aromatic rings. The number of rotatable bonds is 3. The van der Waals surface area contributed by atoms with Gasteiger partial charge in [-0.25, -0.2) is 0 Å². The van der Waals surface area contributed by atoms with Crippen molar-refractivity contribution in [3.05, 3.63) is 29.3 Å². The molecule has 0 spiro atoms. The number of carbonyl (C=O) groups is 1. The molecule has 4 nitrogen and oxygen atoms in total. The van der Waals surface area contributed by atoms with Gasteiger partial charge in [-0.15, -0.1) is 0 Å². The Bertz CT molecular complexity index is 516. The predicted molar refractivity (Wildman–Crippen MR) is 81.0 cm³/mol. The summed E-state index contributed by atoms with van der Waals surface area (Å²) >= 11 is 6.24. The van der Waals surface area contributed by atoms with Crippen molar-refractivity contribution in [3.8, 4) is 0 Å². The average molecular weight is 294 g/mol. The van der Waals surface area contributed by atoms with Crippen molar-refractivity contribution in [1.82, 2.24) is 5.32 Å². The molecule has 1 aromatic carbocycles. The number of nitrogens with one attached hydrogen (secondary N) is 1. The molecule has 3 N–H and O–H groups in total. The lowest BCUT2D eigenvalue weighted by atomic mass is 10.0. The van der Waals surface area contributed by atoms with Gasteiger partial charge < -0.3 is 16.0 Å². The maximum Gasteiger partial charge on any atom is 0.240 e. The molecule has 1 saturated heterocycles. The van der Waals surface area contributed by atoms with E-state index in [1.54, 1.807) is 0 Å². The van der Waals surface area contributed by atoms with E-state index in [0.717, 1.165) is 49.5 Å². The summed E-state index contributed by atoms with van der Waals surface area (Å²) in [7, 11) is 0. The Balaban J connectivity index is 1.65. The predicted octanol–water partition coefficient (Wildman–Crippen LogP) is 1.92. The summed E-state index contributed by atoms with van der Waals surface area (Å²) in [6, 6.07) is 8.01. The molecule has 1 unspecified atom stereocenters. The molecule has 1 saturated carbocycles. The third-order valence-corrected chi connectivity index (χ3v) is 4.51. The molecule has 1 heterocycles. The second kappa shape index (κ2) is 5.26. The van der Waals surface area contributed by atoms with E-state index in [-0.39, 0.29) is 11.9 Å². The number of nitrogens with zero attached hydrogens (tertiary/aromatic N) is 1. The largest absolute Gasteiger partial charge is 0.368 e. The molecule has 1 aliphatic heterocycles. The first-order chi connectivity index (χ1) is 9.58. The molecule has 1 atom stereocenters. The number of hydrogen-bond acceptors (Lipinski definition) is 3. The number of halogens is 1. The van der Waals surface area contributed by atoms with Crippen LogP contribution in [0.3, 0.4) is 0 Å². The molecule has 5 heteroatoms. The minimum atomic E-state index is -0.591. The highest BCUT2D eigenvalue weighted by molar-refractivity contribution is 6.33. The highest BCUT2D eigenvalue weighted by atomic mass is 35.5. The van der Waals surface area contributed by atoms with Crippen molar-refractivity contribution in [2.24, 2.45) is 5.73 Å². The Hall–Kier alpha value is -1.26. The fourth-order valence-corrected chi connectivity index (χ4v) is 2.97. The molecule has 1 aliphatic carbocycles. The van der Waals surface area contributed by atoms with Crippen LogP contribution in [0.1, 0.15) is 25.7 Å². The smallest absolute Gasteiger partial charge is 0.240 e. The molecule has 2 aliphatic rings. The van der Waals surface area contributed by atoms with Crippen LogP contribution in [0, 0.1) is 0 Å². The molecule has 2 fully saturated rings. The van der Waals surface area contributed by atoms with Crippen molar-refractivity contribution >= 4 is 23.2 Å². The molecular formula is C15H20ClN3O. The zero-order chi connectivity index (χ0) is 14.2. The van der Waals surface area contributed by atoms with Crippen LogP contribution in [0.15, 0.2) is 24.3 Å². The SMILES string of the molecule is NC1(C(=O)NC2CCCN(c3ccccc3Cl)C2)CC1. The Morgan fingerprint density at radius 2 is 2.15 bits per heavy atom. The first kappa shape index (κ1) is 13.7. The van der Waals surface area contributed by atoms with E-state index in [2.05, 4.69) is 10.2 Å². The Labute approximate surface area is 124 Å². The lowest BCUT2D eigenvalue weighted by Crippen LogP contribution is -2.53. The van der Waals surface area contributed by atoms with Crippen molar-refractivity contribution in [1.29, 1.82) is 0 Å². The van der Waals surface area contributed by atoms with Gasteiger partial charge >= 0.3 is 0 Å². The van der Waals surface area contributed by atoms with Gasteiger partial charge in [-0.05, 0) is 37.8 Å². The molecule has 0 aromatic heterocycles. The van der Waals surface area contributed by atoms with Crippen molar-refractivity contribution < 1.29 is 4.79 Å². The molecule has 3 rings (SSSR count). The van der Waals surface area contributed by atoms with Crippen LogP contribution in [0.4, 0.5) is 5.69 Å². The number of para-hydroxylation sites is 1. The van der Waals surface area contributed by atoms with Crippen LogP contribution in [-0.4, -0.2) is 30.6 Å². The van der Waals surface area contributed by atoms with Gasteiger partial charge in [-0.1, -0.05) is 23.7 Å². The first-order valence-corrected chi connectivity index (χ1v) is 7.56. The summed E-state index contributed by atoms with van der Waals surface area (Å²) in [6.45, 7) is 1.77. The molecule has 0 bridgehead atoms. The third-order valence-electron chi connectivity index (χ3n) is 4.19. The monoisotopic (exact) mass is 293 g/mol. The van der Waals surface area contributed by atoms with Gasteiger partial charge in [-0.3, -0.25) is 4.79 Å². The van der Waals surface area contributed by atoms with E-state index in [4.69, 9.17) is 17.3 Å². The van der Waals surface area contributed by atoms with Crippen molar-refractivity contribution in [3.63, 3.8) is 0 Å². The summed E-state index contributed by atoms with van der Waals surface area (Å²) in [6.07, 6.45) is 3.66. The van der Waals surface area contributed by atoms with Gasteiger partial charge in [0, 0.05) is 19.1 Å². The molecular weight excluding hydrogens is 274 g/mol. The minimum absolute atomic E-state index is 0.00325. The van der Waals surface area contributed by atoms with Crippen LogP contribution in [0.5, 0.6) is 0 Å². The number of benzene rings is 1. The number of carbonyl (C=O) groups excluding carboxylic acids is 1. The van der Waals surface area contributed by atoms with Crippen LogP contribution in [0.25, 0.3) is 0 Å². The Morgan fingerprint density at radius 1 is 1.40 bits per heavy atom. The zero-order valence-corrected chi connectivity index (χ0v) is 12.2. The molecule has 20 heavy (non-hydrogen) atoms. The first-order valence-electron chi connectivity index (χ1n) is 7.18. The lowest BCUT2D eigenvalue weighted by molar-refractivity contribution is -0.124. The summed E-state index contributed by atoms with van der Waals surface area (Å²) in [5.74, 6) is 0.00325. The second-order valence-electron chi connectivity index (χ2n) is 5.87. The average Bonchev–Trinajstić information content (AvgIpc) is 3.19. The highest BCUT2D eigenvalue weighted by Crippen LogP contribution is 2.33. The van der Waals surface area contributed by atoms with Crippen LogP contribution in [-0.2, 0) is 4.79 Å². The van der Waals surface area contributed by atoms with Gasteiger partial charge in [0.15, 0.2) is 0 Å². The number of piperidine rings is 1. The van der Waals surface area contributed by atoms with Gasteiger partial charge in [0.05, 0.1) is 16.2 Å². The normalized spacial score (nSPS) is 24.3. The number of hydrogen-bond donors (Lipinski definition) is 2. The van der Waals surface area contributed by atoms with Gasteiger partial charge in [0.2, 0.25) is 5.91 Å². The van der Waals surface area contributed by atoms with Crippen LogP contribution < -0.4 is 16.0 Å². The van der Waals surface area contributed by atoms with Crippen molar-refractivity contribution in [2.75, 3.05) is 18.0 Å². The van der Waals surface area contributed by atoms with E-state index < -0.39 is 5.54 Å². The quantitative estimate of drug-likeness (QED) is 0.895. The van der Waals surface area contributed by atoms with Crippen LogP contribution >= 0.6 is 11.6 Å². The minimum Gasteiger partial charge on any atom is -0.368 e. The van der Waals surface area contributed by atoms with E-state index in [1.165, 1.54) is 0 Å².